The van der Waals surface area contributed by atoms with Crippen molar-refractivity contribution in [1.29, 1.82) is 0 Å². The molecular formula is C16H21ClN2OS. The first kappa shape index (κ1) is 16.4. The Bertz CT molecular complexity index is 519. The summed E-state index contributed by atoms with van der Waals surface area (Å²) in [6, 6.07) is 8.12. The summed E-state index contributed by atoms with van der Waals surface area (Å²) in [7, 11) is 1.72. The van der Waals surface area contributed by atoms with E-state index in [2.05, 4.69) is 22.4 Å². The first-order valence-corrected chi connectivity index (χ1v) is 8.35. The normalized spacial score (nSPS) is 12.5. The molecule has 0 saturated heterocycles. The van der Waals surface area contributed by atoms with E-state index in [-0.39, 0.29) is 0 Å². The number of hydrogen-bond acceptors (Lipinski definition) is 4. The van der Waals surface area contributed by atoms with Crippen molar-refractivity contribution in [1.82, 2.24) is 10.3 Å². The van der Waals surface area contributed by atoms with Crippen LogP contribution in [0.2, 0.25) is 5.02 Å². The third kappa shape index (κ3) is 6.14. The van der Waals surface area contributed by atoms with Gasteiger partial charge in [0.2, 0.25) is 0 Å². The van der Waals surface area contributed by atoms with Crippen LogP contribution in [0.4, 0.5) is 0 Å². The number of rotatable bonds is 9. The molecule has 1 N–H and O–H groups in total. The molecule has 0 aliphatic rings. The van der Waals surface area contributed by atoms with E-state index in [1.165, 1.54) is 10.4 Å². The predicted molar refractivity (Wildman–Crippen MR) is 89.2 cm³/mol. The molecule has 5 heteroatoms. The SMILES string of the molecule is COCCNCC(Cc1cccc(Cl)c1)Cc1cncs1. The van der Waals surface area contributed by atoms with Crippen molar-refractivity contribution in [3.63, 3.8) is 0 Å². The summed E-state index contributed by atoms with van der Waals surface area (Å²) >= 11 is 7.80. The van der Waals surface area contributed by atoms with Crippen LogP contribution in [0.1, 0.15) is 10.4 Å². The van der Waals surface area contributed by atoms with Crippen molar-refractivity contribution in [3.8, 4) is 0 Å². The lowest BCUT2D eigenvalue weighted by Gasteiger charge is -2.17. The van der Waals surface area contributed by atoms with E-state index in [9.17, 15) is 0 Å². The molecule has 3 nitrogen and oxygen atoms in total. The smallest absolute Gasteiger partial charge is 0.0794 e. The van der Waals surface area contributed by atoms with Gasteiger partial charge in [-0.05, 0) is 43.0 Å². The summed E-state index contributed by atoms with van der Waals surface area (Å²) in [5.41, 5.74) is 3.18. The summed E-state index contributed by atoms with van der Waals surface area (Å²) < 4.78 is 5.08. The Balaban J connectivity index is 1.93. The number of ether oxygens (including phenoxy) is 1. The van der Waals surface area contributed by atoms with Crippen LogP contribution in [-0.2, 0) is 17.6 Å². The molecular weight excluding hydrogens is 304 g/mol. The Hall–Kier alpha value is -0.940. The average Bonchev–Trinajstić information content (AvgIpc) is 2.96. The van der Waals surface area contributed by atoms with Crippen LogP contribution in [0.3, 0.4) is 0 Å². The molecule has 0 spiro atoms. The largest absolute Gasteiger partial charge is 0.383 e. The van der Waals surface area contributed by atoms with Gasteiger partial charge in [-0.15, -0.1) is 11.3 Å². The standard InChI is InChI=1S/C16H21ClN2OS/c1-20-6-5-18-10-14(9-16-11-19-12-21-16)7-13-3-2-4-15(17)8-13/h2-4,8,11-12,14,18H,5-7,9-10H2,1H3. The van der Waals surface area contributed by atoms with Crippen LogP contribution in [0.5, 0.6) is 0 Å². The number of methoxy groups -OCH3 is 1. The molecule has 0 amide bonds. The van der Waals surface area contributed by atoms with E-state index in [0.29, 0.717) is 5.92 Å². The second kappa shape index (κ2) is 9.15. The molecule has 0 bridgehead atoms. The van der Waals surface area contributed by atoms with Crippen LogP contribution >= 0.6 is 22.9 Å². The maximum Gasteiger partial charge on any atom is 0.0794 e. The first-order valence-electron chi connectivity index (χ1n) is 7.09. The number of aromatic nitrogens is 1. The van der Waals surface area contributed by atoms with Crippen molar-refractivity contribution in [3.05, 3.63) is 51.4 Å². The van der Waals surface area contributed by atoms with Gasteiger partial charge in [0, 0.05) is 29.8 Å². The van der Waals surface area contributed by atoms with Crippen LogP contribution in [0.25, 0.3) is 0 Å². The first-order chi connectivity index (χ1) is 10.3. The minimum absolute atomic E-state index is 0.528. The van der Waals surface area contributed by atoms with Gasteiger partial charge in [-0.2, -0.15) is 0 Å². The summed E-state index contributed by atoms with van der Waals surface area (Å²) in [6.45, 7) is 2.59. The molecule has 1 heterocycles. The number of benzene rings is 1. The number of hydrogen-bond donors (Lipinski definition) is 1. The van der Waals surface area contributed by atoms with Gasteiger partial charge >= 0.3 is 0 Å². The van der Waals surface area contributed by atoms with Gasteiger partial charge in [-0.1, -0.05) is 23.7 Å². The Morgan fingerprint density at radius 3 is 3.00 bits per heavy atom. The van der Waals surface area contributed by atoms with Gasteiger partial charge in [0.25, 0.3) is 0 Å². The van der Waals surface area contributed by atoms with E-state index >= 15 is 0 Å². The monoisotopic (exact) mass is 324 g/mol. The predicted octanol–water partition coefficient (Wildman–Crippen LogP) is 3.43. The van der Waals surface area contributed by atoms with E-state index in [1.54, 1.807) is 18.4 Å². The Morgan fingerprint density at radius 1 is 1.38 bits per heavy atom. The minimum atomic E-state index is 0.528. The van der Waals surface area contributed by atoms with Crippen molar-refractivity contribution >= 4 is 22.9 Å². The van der Waals surface area contributed by atoms with Gasteiger partial charge in [0.1, 0.15) is 0 Å². The molecule has 21 heavy (non-hydrogen) atoms. The van der Waals surface area contributed by atoms with Crippen LogP contribution in [0.15, 0.2) is 36.0 Å². The summed E-state index contributed by atoms with van der Waals surface area (Å²) in [5, 5.41) is 4.26. The third-order valence-corrected chi connectivity index (χ3v) is 4.34. The second-order valence-electron chi connectivity index (χ2n) is 5.07. The molecule has 1 aromatic carbocycles. The Kier molecular flexibility index (Phi) is 7.16. The zero-order valence-corrected chi connectivity index (χ0v) is 13.8. The highest BCUT2D eigenvalue weighted by molar-refractivity contribution is 7.09. The van der Waals surface area contributed by atoms with Gasteiger partial charge in [0.15, 0.2) is 0 Å². The van der Waals surface area contributed by atoms with Crippen LogP contribution < -0.4 is 5.32 Å². The highest BCUT2D eigenvalue weighted by Gasteiger charge is 2.12. The molecule has 0 fully saturated rings. The van der Waals surface area contributed by atoms with E-state index in [4.69, 9.17) is 16.3 Å². The molecule has 1 atom stereocenters. The van der Waals surface area contributed by atoms with Crippen molar-refractivity contribution in [2.24, 2.45) is 5.92 Å². The fourth-order valence-electron chi connectivity index (χ4n) is 2.32. The highest BCUT2D eigenvalue weighted by atomic mass is 35.5. The van der Waals surface area contributed by atoms with Crippen molar-refractivity contribution in [2.75, 3.05) is 26.8 Å². The van der Waals surface area contributed by atoms with Gasteiger partial charge in [-0.25, -0.2) is 0 Å². The minimum Gasteiger partial charge on any atom is -0.383 e. The summed E-state index contributed by atoms with van der Waals surface area (Å²) in [4.78, 5) is 5.49. The van der Waals surface area contributed by atoms with Crippen LogP contribution in [0, 0.1) is 5.92 Å². The zero-order chi connectivity index (χ0) is 14.9. The van der Waals surface area contributed by atoms with Gasteiger partial charge < -0.3 is 10.1 Å². The molecule has 0 aliphatic carbocycles. The van der Waals surface area contributed by atoms with Gasteiger partial charge in [-0.3, -0.25) is 4.98 Å². The number of halogens is 1. The van der Waals surface area contributed by atoms with Crippen molar-refractivity contribution < 1.29 is 4.74 Å². The van der Waals surface area contributed by atoms with Crippen LogP contribution in [-0.4, -0.2) is 31.8 Å². The lowest BCUT2D eigenvalue weighted by Crippen LogP contribution is -2.28. The average molecular weight is 325 g/mol. The van der Waals surface area contributed by atoms with Gasteiger partial charge in [0.05, 0.1) is 12.1 Å². The number of thiazole rings is 1. The maximum absolute atomic E-state index is 6.08. The molecule has 114 valence electrons. The zero-order valence-electron chi connectivity index (χ0n) is 12.2. The molecule has 2 rings (SSSR count). The number of nitrogens with one attached hydrogen (secondary N) is 1. The quantitative estimate of drug-likeness (QED) is 0.718. The Morgan fingerprint density at radius 2 is 2.29 bits per heavy atom. The van der Waals surface area contributed by atoms with E-state index in [1.807, 2.05) is 23.8 Å². The molecule has 0 saturated carbocycles. The summed E-state index contributed by atoms with van der Waals surface area (Å²) in [5.74, 6) is 0.528. The summed E-state index contributed by atoms with van der Waals surface area (Å²) in [6.07, 6.45) is 4.01. The van der Waals surface area contributed by atoms with E-state index in [0.717, 1.165) is 37.6 Å². The molecule has 0 aliphatic heterocycles. The molecule has 1 aromatic heterocycles. The third-order valence-electron chi connectivity index (χ3n) is 3.30. The highest BCUT2D eigenvalue weighted by Crippen LogP contribution is 2.19. The fraction of sp³-hybridized carbons (Fsp3) is 0.438. The lowest BCUT2D eigenvalue weighted by molar-refractivity contribution is 0.197. The Labute approximate surface area is 135 Å². The second-order valence-corrected chi connectivity index (χ2v) is 6.48. The lowest BCUT2D eigenvalue weighted by atomic mass is 9.95. The molecule has 2 aromatic rings. The maximum atomic E-state index is 6.08. The van der Waals surface area contributed by atoms with E-state index < -0.39 is 0 Å². The topological polar surface area (TPSA) is 34.1 Å². The molecule has 0 radical (unpaired) electrons. The van der Waals surface area contributed by atoms with Crippen molar-refractivity contribution in [2.45, 2.75) is 12.8 Å². The number of nitrogens with zero attached hydrogens (tertiary/aromatic N) is 1. The fourth-order valence-corrected chi connectivity index (χ4v) is 3.25. The molecule has 1 unspecified atom stereocenters.